The number of hydrogen-bond acceptors (Lipinski definition) is 6. The van der Waals surface area contributed by atoms with Gasteiger partial charge in [0.25, 0.3) is 5.69 Å². The van der Waals surface area contributed by atoms with Gasteiger partial charge in [-0.3, -0.25) is 10.1 Å². The standard InChI is InChI=1S/C14H21N3O5S/c1-22-11-7-5-10(6-8-11)9-16-14-12(17(18)19)3-2-4-13(14)23(15,20)21/h2-4,10-11,16H,5-9H2,1H3,(H2,15,20,21)/t10-,11+. The van der Waals surface area contributed by atoms with Crippen LogP contribution < -0.4 is 10.5 Å². The summed E-state index contributed by atoms with van der Waals surface area (Å²) in [5, 5.41) is 19.2. The van der Waals surface area contributed by atoms with Crippen LogP contribution in [0.25, 0.3) is 0 Å². The molecule has 1 aromatic rings. The molecule has 2 rings (SSSR count). The fourth-order valence-corrected chi connectivity index (χ4v) is 3.63. The minimum Gasteiger partial charge on any atom is -0.381 e. The number of nitrogens with two attached hydrogens (primary N) is 1. The molecule has 128 valence electrons. The van der Waals surface area contributed by atoms with Crippen LogP contribution in [0, 0.1) is 16.0 Å². The molecule has 0 amide bonds. The molecular formula is C14H21N3O5S. The van der Waals surface area contributed by atoms with Gasteiger partial charge in [-0.05, 0) is 37.7 Å². The van der Waals surface area contributed by atoms with Crippen LogP contribution in [0.15, 0.2) is 23.1 Å². The van der Waals surface area contributed by atoms with E-state index in [0.717, 1.165) is 25.7 Å². The molecule has 1 aliphatic carbocycles. The average Bonchev–Trinajstić information content (AvgIpc) is 2.52. The van der Waals surface area contributed by atoms with Crippen LogP contribution in [0.2, 0.25) is 0 Å². The summed E-state index contributed by atoms with van der Waals surface area (Å²) in [6.45, 7) is 0.462. The number of nitrogens with one attached hydrogen (secondary N) is 1. The molecule has 1 aromatic carbocycles. The van der Waals surface area contributed by atoms with E-state index in [1.54, 1.807) is 7.11 Å². The Morgan fingerprint density at radius 3 is 2.52 bits per heavy atom. The number of hydrogen-bond donors (Lipinski definition) is 2. The first-order valence-electron chi connectivity index (χ1n) is 7.39. The Bertz CT molecular complexity index is 669. The van der Waals surface area contributed by atoms with E-state index < -0.39 is 14.9 Å². The predicted molar refractivity (Wildman–Crippen MR) is 85.7 cm³/mol. The topological polar surface area (TPSA) is 125 Å². The maximum absolute atomic E-state index is 11.7. The van der Waals surface area contributed by atoms with Crippen molar-refractivity contribution in [3.8, 4) is 0 Å². The summed E-state index contributed by atoms with van der Waals surface area (Å²) >= 11 is 0. The number of anilines is 1. The molecule has 0 heterocycles. The molecule has 1 saturated carbocycles. The SMILES string of the molecule is CO[C@H]1CC[C@@H](CNc2c([N+](=O)[O-])cccc2S(N)(=O)=O)CC1. The predicted octanol–water partition coefficient (Wildman–Crippen LogP) is 1.86. The van der Waals surface area contributed by atoms with Crippen LogP contribution in [0.5, 0.6) is 0 Å². The van der Waals surface area contributed by atoms with E-state index in [-0.39, 0.29) is 22.4 Å². The molecule has 8 nitrogen and oxygen atoms in total. The van der Waals surface area contributed by atoms with Crippen molar-refractivity contribution in [3.63, 3.8) is 0 Å². The third-order valence-electron chi connectivity index (χ3n) is 4.20. The number of nitrogens with zero attached hydrogens (tertiary/aromatic N) is 1. The van der Waals surface area contributed by atoms with Crippen molar-refractivity contribution in [1.82, 2.24) is 0 Å². The highest BCUT2D eigenvalue weighted by atomic mass is 32.2. The van der Waals surface area contributed by atoms with E-state index in [1.807, 2.05) is 0 Å². The van der Waals surface area contributed by atoms with E-state index in [0.29, 0.717) is 12.5 Å². The number of rotatable bonds is 6. The molecule has 1 aliphatic rings. The Morgan fingerprint density at radius 2 is 2.00 bits per heavy atom. The van der Waals surface area contributed by atoms with Crippen molar-refractivity contribution in [2.24, 2.45) is 11.1 Å². The Hall–Kier alpha value is -1.71. The maximum atomic E-state index is 11.7. The Labute approximate surface area is 135 Å². The first-order chi connectivity index (χ1) is 10.8. The molecule has 23 heavy (non-hydrogen) atoms. The number of ether oxygens (including phenoxy) is 1. The normalized spacial score (nSPS) is 21.8. The zero-order chi connectivity index (χ0) is 17.0. The molecule has 0 spiro atoms. The zero-order valence-corrected chi connectivity index (χ0v) is 13.7. The highest BCUT2D eigenvalue weighted by Gasteiger charge is 2.25. The lowest BCUT2D eigenvalue weighted by Crippen LogP contribution is -2.25. The molecule has 0 atom stereocenters. The summed E-state index contributed by atoms with van der Waals surface area (Å²) in [5.74, 6) is 0.314. The first-order valence-corrected chi connectivity index (χ1v) is 8.94. The second-order valence-corrected chi connectivity index (χ2v) is 7.24. The van der Waals surface area contributed by atoms with Crippen molar-refractivity contribution in [1.29, 1.82) is 0 Å². The molecule has 0 radical (unpaired) electrons. The van der Waals surface area contributed by atoms with E-state index in [1.165, 1.54) is 18.2 Å². The number of methoxy groups -OCH3 is 1. The fourth-order valence-electron chi connectivity index (χ4n) is 2.90. The number of nitro benzene ring substituents is 1. The Morgan fingerprint density at radius 1 is 1.35 bits per heavy atom. The highest BCUT2D eigenvalue weighted by molar-refractivity contribution is 7.89. The van der Waals surface area contributed by atoms with Gasteiger partial charge in [0, 0.05) is 19.7 Å². The lowest BCUT2D eigenvalue weighted by molar-refractivity contribution is -0.384. The molecule has 9 heteroatoms. The molecule has 0 aromatic heterocycles. The van der Waals surface area contributed by atoms with Gasteiger partial charge in [0.05, 0.1) is 11.0 Å². The zero-order valence-electron chi connectivity index (χ0n) is 12.9. The second-order valence-electron chi connectivity index (χ2n) is 5.71. The summed E-state index contributed by atoms with van der Waals surface area (Å²) in [4.78, 5) is 10.3. The van der Waals surface area contributed by atoms with Gasteiger partial charge in [-0.25, -0.2) is 13.6 Å². The van der Waals surface area contributed by atoms with E-state index >= 15 is 0 Å². The largest absolute Gasteiger partial charge is 0.381 e. The fraction of sp³-hybridized carbons (Fsp3) is 0.571. The van der Waals surface area contributed by atoms with Crippen LogP contribution in [0.4, 0.5) is 11.4 Å². The third kappa shape index (κ3) is 4.40. The smallest absolute Gasteiger partial charge is 0.293 e. The number of benzene rings is 1. The lowest BCUT2D eigenvalue weighted by Gasteiger charge is -2.28. The maximum Gasteiger partial charge on any atom is 0.293 e. The quantitative estimate of drug-likeness (QED) is 0.600. The van der Waals surface area contributed by atoms with Crippen LogP contribution in [0.3, 0.4) is 0 Å². The summed E-state index contributed by atoms with van der Waals surface area (Å²) in [6, 6.07) is 3.85. The molecule has 0 bridgehead atoms. The third-order valence-corrected chi connectivity index (χ3v) is 5.16. The van der Waals surface area contributed by atoms with Gasteiger partial charge in [-0.1, -0.05) is 6.07 Å². The molecule has 0 aliphatic heterocycles. The lowest BCUT2D eigenvalue weighted by atomic mass is 9.87. The second kappa shape index (κ2) is 7.24. The van der Waals surface area contributed by atoms with Crippen LogP contribution in [-0.4, -0.2) is 33.1 Å². The van der Waals surface area contributed by atoms with Crippen molar-refractivity contribution in [2.45, 2.75) is 36.7 Å². The minimum absolute atomic E-state index is 0.0335. The summed E-state index contributed by atoms with van der Waals surface area (Å²) in [6.07, 6.45) is 3.98. The van der Waals surface area contributed by atoms with Crippen molar-refractivity contribution in [2.75, 3.05) is 19.0 Å². The number of para-hydroxylation sites is 1. The molecule has 0 saturated heterocycles. The first kappa shape index (κ1) is 17.6. The Balaban J connectivity index is 2.17. The van der Waals surface area contributed by atoms with Crippen molar-refractivity contribution >= 4 is 21.4 Å². The number of primary sulfonamides is 1. The van der Waals surface area contributed by atoms with Crippen LogP contribution in [-0.2, 0) is 14.8 Å². The molecular weight excluding hydrogens is 322 g/mol. The van der Waals surface area contributed by atoms with Crippen LogP contribution in [0.1, 0.15) is 25.7 Å². The van der Waals surface area contributed by atoms with E-state index in [9.17, 15) is 18.5 Å². The van der Waals surface area contributed by atoms with Gasteiger partial charge < -0.3 is 10.1 Å². The van der Waals surface area contributed by atoms with E-state index in [2.05, 4.69) is 5.32 Å². The summed E-state index contributed by atoms with van der Waals surface area (Å²) < 4.78 is 28.6. The monoisotopic (exact) mass is 343 g/mol. The van der Waals surface area contributed by atoms with Gasteiger partial charge in [0.1, 0.15) is 10.6 Å². The Kier molecular flexibility index (Phi) is 5.55. The van der Waals surface area contributed by atoms with E-state index in [4.69, 9.17) is 9.88 Å². The highest BCUT2D eigenvalue weighted by Crippen LogP contribution is 2.32. The summed E-state index contributed by atoms with van der Waals surface area (Å²) in [5.41, 5.74) is -0.323. The molecule has 1 fully saturated rings. The number of nitro groups is 1. The average molecular weight is 343 g/mol. The van der Waals surface area contributed by atoms with Gasteiger partial charge >= 0.3 is 0 Å². The number of sulfonamides is 1. The van der Waals surface area contributed by atoms with Gasteiger partial charge in [-0.15, -0.1) is 0 Å². The van der Waals surface area contributed by atoms with Crippen molar-refractivity contribution in [3.05, 3.63) is 28.3 Å². The minimum atomic E-state index is -4.04. The molecule has 0 unspecified atom stereocenters. The van der Waals surface area contributed by atoms with Gasteiger partial charge in [-0.2, -0.15) is 0 Å². The summed E-state index contributed by atoms with van der Waals surface area (Å²) in [7, 11) is -2.35. The van der Waals surface area contributed by atoms with Crippen molar-refractivity contribution < 1.29 is 18.1 Å². The van der Waals surface area contributed by atoms with Gasteiger partial charge in [0.2, 0.25) is 10.0 Å². The van der Waals surface area contributed by atoms with Crippen LogP contribution >= 0.6 is 0 Å². The van der Waals surface area contributed by atoms with Gasteiger partial charge in [0.15, 0.2) is 0 Å². The molecule has 3 N–H and O–H groups in total.